The maximum Gasteiger partial charge on any atom is 0.348 e. The average molecular weight is 475 g/mol. The van der Waals surface area contributed by atoms with Gasteiger partial charge in [0.05, 0.1) is 0 Å². The second-order valence-corrected chi connectivity index (χ2v) is 9.04. The fourth-order valence-electron chi connectivity index (χ4n) is 5.85. The molecule has 0 saturated carbocycles. The number of ether oxygens (including phenoxy) is 3. The van der Waals surface area contributed by atoms with Crippen LogP contribution in [0.25, 0.3) is 0 Å². The summed E-state index contributed by atoms with van der Waals surface area (Å²) in [6.45, 7) is 1.75. The Balaban J connectivity index is 1.69. The van der Waals surface area contributed by atoms with E-state index in [1.807, 2.05) is 18.2 Å². The molecule has 35 heavy (non-hydrogen) atoms. The highest BCUT2D eigenvalue weighted by Gasteiger charge is 2.67. The molecule has 0 bridgehead atoms. The molecule has 2 N–H and O–H groups in total. The number of halogens is 1. The molecule has 3 atom stereocenters. The van der Waals surface area contributed by atoms with E-state index in [1.165, 1.54) is 12.1 Å². The van der Waals surface area contributed by atoms with E-state index in [9.17, 15) is 19.1 Å². The Morgan fingerprint density at radius 2 is 1.77 bits per heavy atom. The van der Waals surface area contributed by atoms with Gasteiger partial charge in [-0.15, -0.1) is 0 Å². The van der Waals surface area contributed by atoms with E-state index in [0.29, 0.717) is 33.9 Å². The number of fused-ring (bicyclic) bond motifs is 5. The topological polar surface area (TPSA) is 94.1 Å². The molecular weight excluding hydrogens is 453 g/mol. The quantitative estimate of drug-likeness (QED) is 0.585. The van der Waals surface area contributed by atoms with Gasteiger partial charge in [-0.05, 0) is 48.2 Å². The minimum absolute atomic E-state index is 0.0187. The monoisotopic (exact) mass is 475 g/mol. The number of aliphatic carboxylic acids is 1. The van der Waals surface area contributed by atoms with Crippen molar-refractivity contribution in [2.24, 2.45) is 5.92 Å². The van der Waals surface area contributed by atoms with Crippen LogP contribution in [0.4, 0.5) is 10.1 Å². The van der Waals surface area contributed by atoms with Gasteiger partial charge in [0, 0.05) is 23.2 Å². The molecule has 0 fully saturated rings. The first-order valence-corrected chi connectivity index (χ1v) is 11.4. The number of rotatable bonds is 4. The van der Waals surface area contributed by atoms with E-state index in [0.717, 1.165) is 0 Å². The third-order valence-corrected chi connectivity index (χ3v) is 7.48. The third-order valence-electron chi connectivity index (χ3n) is 7.48. The standard InChI is InChI=1S/C27H22FNO6/c1-2-26(25(31)32)23(11-15-7-9-16(28)10-8-15)27(17-5-3-4-6-19(17)29-24(27)30)18-12-21-22(34-14-33-21)13-20(18)35-26/h3-10,12-13,23H,2,11,14H2,1H3,(H,29,30)(H,31,32)/t23?,26-,27?/m1/s1. The molecule has 8 heteroatoms. The molecule has 3 aliphatic heterocycles. The van der Waals surface area contributed by atoms with Gasteiger partial charge in [-0.25, -0.2) is 9.18 Å². The number of carboxylic acid groups (broad SMARTS) is 1. The van der Waals surface area contributed by atoms with E-state index in [2.05, 4.69) is 5.32 Å². The van der Waals surface area contributed by atoms with Crippen molar-refractivity contribution in [3.63, 3.8) is 0 Å². The van der Waals surface area contributed by atoms with Gasteiger partial charge in [-0.1, -0.05) is 37.3 Å². The Labute approximate surface area is 200 Å². The third kappa shape index (κ3) is 2.82. The van der Waals surface area contributed by atoms with Gasteiger partial charge in [0.2, 0.25) is 18.3 Å². The lowest BCUT2D eigenvalue weighted by Crippen LogP contribution is -2.64. The lowest BCUT2D eigenvalue weighted by atomic mass is 9.56. The van der Waals surface area contributed by atoms with E-state index < -0.39 is 28.7 Å². The number of carbonyl (C=O) groups is 2. The van der Waals surface area contributed by atoms with Crippen molar-refractivity contribution >= 4 is 17.6 Å². The molecule has 3 aliphatic rings. The Morgan fingerprint density at radius 3 is 2.49 bits per heavy atom. The summed E-state index contributed by atoms with van der Waals surface area (Å²) in [6.07, 6.45) is 0.259. The minimum atomic E-state index is -1.75. The van der Waals surface area contributed by atoms with Gasteiger partial charge in [0.15, 0.2) is 11.5 Å². The van der Waals surface area contributed by atoms with Crippen LogP contribution in [0.1, 0.15) is 30.0 Å². The molecule has 1 amide bonds. The van der Waals surface area contributed by atoms with Gasteiger partial charge in [-0.2, -0.15) is 0 Å². The number of carbonyl (C=O) groups excluding carboxylic acids is 1. The van der Waals surface area contributed by atoms with Gasteiger partial charge < -0.3 is 24.6 Å². The van der Waals surface area contributed by atoms with Crippen LogP contribution in [0, 0.1) is 11.7 Å². The molecule has 3 heterocycles. The second kappa shape index (κ2) is 7.46. The first kappa shape index (κ1) is 21.5. The zero-order valence-electron chi connectivity index (χ0n) is 18.8. The first-order chi connectivity index (χ1) is 16.9. The summed E-state index contributed by atoms with van der Waals surface area (Å²) in [6, 6.07) is 16.5. The van der Waals surface area contributed by atoms with E-state index in [1.54, 1.807) is 37.3 Å². The maximum atomic E-state index is 14.1. The van der Waals surface area contributed by atoms with Crippen LogP contribution in [-0.2, 0) is 21.4 Å². The number of carboxylic acids is 1. The lowest BCUT2D eigenvalue weighted by molar-refractivity contribution is -0.167. The Bertz CT molecular complexity index is 1370. The summed E-state index contributed by atoms with van der Waals surface area (Å²) in [5.41, 5.74) is -0.652. The molecular formula is C27H22FNO6. The molecule has 0 radical (unpaired) electrons. The number of nitrogens with one attached hydrogen (secondary N) is 1. The van der Waals surface area contributed by atoms with E-state index in [4.69, 9.17) is 14.2 Å². The molecule has 1 spiro atoms. The van der Waals surface area contributed by atoms with Crippen LogP contribution in [0.15, 0.2) is 60.7 Å². The SMILES string of the molecule is CC[C@@]1(C(=O)O)Oc2cc3c(cc2C2(C(=O)Nc4ccccc42)C1Cc1ccc(F)cc1)OCO3. The Morgan fingerprint density at radius 1 is 1.06 bits per heavy atom. The highest BCUT2D eigenvalue weighted by molar-refractivity contribution is 6.10. The Kier molecular flexibility index (Phi) is 4.58. The van der Waals surface area contributed by atoms with Gasteiger partial charge in [0.25, 0.3) is 0 Å². The van der Waals surface area contributed by atoms with Gasteiger partial charge in [-0.3, -0.25) is 4.79 Å². The maximum absolute atomic E-state index is 14.1. The van der Waals surface area contributed by atoms with E-state index in [-0.39, 0.29) is 31.3 Å². The van der Waals surface area contributed by atoms with Crippen LogP contribution in [0.3, 0.4) is 0 Å². The van der Waals surface area contributed by atoms with Crippen LogP contribution in [0.2, 0.25) is 0 Å². The highest BCUT2D eigenvalue weighted by Crippen LogP contribution is 2.60. The van der Waals surface area contributed by atoms with Gasteiger partial charge in [0.1, 0.15) is 17.0 Å². The normalized spacial score (nSPS) is 25.5. The zero-order valence-corrected chi connectivity index (χ0v) is 18.8. The summed E-state index contributed by atoms with van der Waals surface area (Å²) in [7, 11) is 0. The van der Waals surface area contributed by atoms with Crippen LogP contribution in [-0.4, -0.2) is 29.4 Å². The fraction of sp³-hybridized carbons (Fsp3) is 0.259. The lowest BCUT2D eigenvalue weighted by Gasteiger charge is -2.50. The Hall–Kier alpha value is -4.07. The summed E-state index contributed by atoms with van der Waals surface area (Å²) >= 11 is 0. The molecule has 7 nitrogen and oxygen atoms in total. The van der Waals surface area contributed by atoms with Crippen molar-refractivity contribution < 1.29 is 33.3 Å². The number of amides is 1. The van der Waals surface area contributed by atoms with Crippen molar-refractivity contribution in [1.29, 1.82) is 0 Å². The molecule has 2 unspecified atom stereocenters. The summed E-state index contributed by atoms with van der Waals surface area (Å²) < 4.78 is 31.1. The van der Waals surface area contributed by atoms with Crippen LogP contribution >= 0.6 is 0 Å². The molecule has 3 aromatic carbocycles. The largest absolute Gasteiger partial charge is 0.478 e. The molecule has 3 aromatic rings. The molecule has 178 valence electrons. The van der Waals surface area contributed by atoms with Crippen LogP contribution in [0.5, 0.6) is 17.2 Å². The second-order valence-electron chi connectivity index (χ2n) is 9.04. The number of benzene rings is 3. The molecule has 0 aliphatic carbocycles. The highest BCUT2D eigenvalue weighted by atomic mass is 19.1. The number of hydrogen-bond donors (Lipinski definition) is 2. The van der Waals surface area contributed by atoms with Crippen LogP contribution < -0.4 is 19.5 Å². The average Bonchev–Trinajstić information content (AvgIpc) is 3.42. The summed E-state index contributed by atoms with van der Waals surface area (Å²) in [5, 5.41) is 13.6. The van der Waals surface area contributed by atoms with Crippen molar-refractivity contribution in [3.05, 3.63) is 83.2 Å². The van der Waals surface area contributed by atoms with Crippen molar-refractivity contribution in [3.8, 4) is 17.2 Å². The summed E-state index contributed by atoms with van der Waals surface area (Å²) in [5.74, 6) is -1.62. The minimum Gasteiger partial charge on any atom is -0.478 e. The fourth-order valence-corrected chi connectivity index (χ4v) is 5.85. The molecule has 6 rings (SSSR count). The first-order valence-electron chi connectivity index (χ1n) is 11.4. The predicted molar refractivity (Wildman–Crippen MR) is 123 cm³/mol. The smallest absolute Gasteiger partial charge is 0.348 e. The van der Waals surface area contributed by atoms with Crippen molar-refractivity contribution in [1.82, 2.24) is 0 Å². The number of hydrogen-bond acceptors (Lipinski definition) is 5. The van der Waals surface area contributed by atoms with E-state index >= 15 is 0 Å². The predicted octanol–water partition coefficient (Wildman–Crippen LogP) is 4.28. The number of anilines is 1. The zero-order chi connectivity index (χ0) is 24.4. The summed E-state index contributed by atoms with van der Waals surface area (Å²) in [4.78, 5) is 27.1. The molecule has 0 saturated heterocycles. The van der Waals surface area contributed by atoms with Crippen molar-refractivity contribution in [2.45, 2.75) is 30.8 Å². The van der Waals surface area contributed by atoms with Crippen molar-refractivity contribution in [2.75, 3.05) is 12.1 Å². The molecule has 0 aromatic heterocycles. The van der Waals surface area contributed by atoms with Gasteiger partial charge >= 0.3 is 5.97 Å². The number of para-hydroxylation sites is 1.